The van der Waals surface area contributed by atoms with Gasteiger partial charge in [0.05, 0.1) is 12.2 Å². The van der Waals surface area contributed by atoms with Gasteiger partial charge in [-0.05, 0) is 25.0 Å². The molecule has 1 rings (SSSR count). The van der Waals surface area contributed by atoms with Crippen LogP contribution in [-0.4, -0.2) is 12.6 Å². The van der Waals surface area contributed by atoms with Crippen molar-refractivity contribution in [3.8, 4) is 0 Å². The maximum absolute atomic E-state index is 12.3. The first-order valence-electron chi connectivity index (χ1n) is 10.8. The average Bonchev–Trinajstić information content (AvgIpc) is 2.67. The first-order valence-corrected chi connectivity index (χ1v) is 10.8. The Kier molecular flexibility index (Phi) is 12.1. The van der Waals surface area contributed by atoms with Gasteiger partial charge in [-0.1, -0.05) is 103 Å². The van der Waals surface area contributed by atoms with E-state index in [0.29, 0.717) is 12.2 Å². The number of esters is 1. The first kappa shape index (κ1) is 22.7. The Hall–Kier alpha value is -1.31. The summed E-state index contributed by atoms with van der Waals surface area (Å²) in [7, 11) is 0. The topological polar surface area (TPSA) is 26.3 Å². The predicted molar refractivity (Wildman–Crippen MR) is 112 cm³/mol. The molecule has 0 bridgehead atoms. The molecule has 1 unspecified atom stereocenters. The normalized spacial score (nSPS) is 13.3. The van der Waals surface area contributed by atoms with E-state index in [-0.39, 0.29) is 11.4 Å². The Labute approximate surface area is 161 Å². The molecule has 0 aromatic heterocycles. The van der Waals surface area contributed by atoms with Crippen LogP contribution in [0.5, 0.6) is 0 Å². The fourth-order valence-corrected chi connectivity index (χ4v) is 3.48. The molecule has 0 heterocycles. The van der Waals surface area contributed by atoms with Crippen LogP contribution in [0.2, 0.25) is 0 Å². The molecular weight excluding hydrogens is 320 g/mol. The number of carbonyl (C=O) groups is 1. The van der Waals surface area contributed by atoms with Crippen LogP contribution in [0.4, 0.5) is 0 Å². The molecule has 0 amide bonds. The standard InChI is InChI=1S/C24H40O2/c1-4-6-8-10-11-16-20-24(3,19-15-9-7-5-2)21-26-23(25)22-17-13-12-14-18-22/h12-14,17-18H,4-11,15-16,19-21H2,1-3H3. The van der Waals surface area contributed by atoms with Gasteiger partial charge in [-0.15, -0.1) is 0 Å². The SMILES string of the molecule is CCCCCCCCC(C)(CCCCCC)COC(=O)c1ccccc1. The minimum atomic E-state index is -0.187. The van der Waals surface area contributed by atoms with Crippen molar-refractivity contribution in [3.63, 3.8) is 0 Å². The average molecular weight is 361 g/mol. The molecule has 2 heteroatoms. The molecule has 0 radical (unpaired) electrons. The fourth-order valence-electron chi connectivity index (χ4n) is 3.48. The van der Waals surface area contributed by atoms with Crippen LogP contribution in [0.3, 0.4) is 0 Å². The van der Waals surface area contributed by atoms with Crippen molar-refractivity contribution in [1.29, 1.82) is 0 Å². The lowest BCUT2D eigenvalue weighted by Crippen LogP contribution is -2.25. The Balaban J connectivity index is 2.46. The van der Waals surface area contributed by atoms with Crippen LogP contribution >= 0.6 is 0 Å². The third-order valence-corrected chi connectivity index (χ3v) is 5.33. The molecule has 0 aliphatic rings. The van der Waals surface area contributed by atoms with Crippen molar-refractivity contribution in [2.45, 2.75) is 97.8 Å². The highest BCUT2D eigenvalue weighted by atomic mass is 16.5. The molecule has 0 aliphatic carbocycles. The molecule has 1 aromatic rings. The van der Waals surface area contributed by atoms with E-state index in [4.69, 9.17) is 4.74 Å². The van der Waals surface area contributed by atoms with Gasteiger partial charge in [0.2, 0.25) is 0 Å². The lowest BCUT2D eigenvalue weighted by atomic mass is 9.80. The first-order chi connectivity index (χ1) is 12.6. The van der Waals surface area contributed by atoms with Crippen molar-refractivity contribution in [2.24, 2.45) is 5.41 Å². The van der Waals surface area contributed by atoms with Gasteiger partial charge in [0.1, 0.15) is 0 Å². The number of hydrogen-bond acceptors (Lipinski definition) is 2. The zero-order valence-electron chi connectivity index (χ0n) is 17.4. The molecule has 0 N–H and O–H groups in total. The van der Waals surface area contributed by atoms with Crippen LogP contribution in [0.15, 0.2) is 30.3 Å². The van der Waals surface area contributed by atoms with E-state index in [9.17, 15) is 4.79 Å². The monoisotopic (exact) mass is 360 g/mol. The van der Waals surface area contributed by atoms with E-state index in [1.165, 1.54) is 64.2 Å². The molecule has 2 nitrogen and oxygen atoms in total. The van der Waals surface area contributed by atoms with E-state index in [1.54, 1.807) is 0 Å². The second-order valence-corrected chi connectivity index (χ2v) is 8.08. The summed E-state index contributed by atoms with van der Waals surface area (Å²) in [6, 6.07) is 9.35. The zero-order valence-corrected chi connectivity index (χ0v) is 17.4. The lowest BCUT2D eigenvalue weighted by Gasteiger charge is -2.29. The summed E-state index contributed by atoms with van der Waals surface area (Å²) in [5, 5.41) is 0. The number of benzene rings is 1. The maximum Gasteiger partial charge on any atom is 0.338 e. The molecular formula is C24H40O2. The van der Waals surface area contributed by atoms with Gasteiger partial charge in [-0.3, -0.25) is 0 Å². The number of unbranched alkanes of at least 4 members (excludes halogenated alkanes) is 8. The highest BCUT2D eigenvalue weighted by Gasteiger charge is 2.25. The second kappa shape index (κ2) is 13.8. The minimum absolute atomic E-state index is 0.114. The summed E-state index contributed by atoms with van der Waals surface area (Å²) < 4.78 is 5.71. The summed E-state index contributed by atoms with van der Waals surface area (Å²) in [6.45, 7) is 7.36. The van der Waals surface area contributed by atoms with Crippen molar-refractivity contribution >= 4 is 5.97 Å². The van der Waals surface area contributed by atoms with E-state index >= 15 is 0 Å². The fraction of sp³-hybridized carbons (Fsp3) is 0.708. The molecule has 1 aromatic carbocycles. The van der Waals surface area contributed by atoms with Gasteiger partial charge in [-0.25, -0.2) is 4.79 Å². The van der Waals surface area contributed by atoms with Crippen LogP contribution in [0.1, 0.15) is 108 Å². The summed E-state index contributed by atoms with van der Waals surface area (Å²) in [5.74, 6) is -0.187. The van der Waals surface area contributed by atoms with Crippen molar-refractivity contribution in [2.75, 3.05) is 6.61 Å². The van der Waals surface area contributed by atoms with Crippen molar-refractivity contribution < 1.29 is 9.53 Å². The van der Waals surface area contributed by atoms with Crippen molar-refractivity contribution in [1.82, 2.24) is 0 Å². The van der Waals surface area contributed by atoms with E-state index < -0.39 is 0 Å². The Morgan fingerprint density at radius 3 is 1.88 bits per heavy atom. The van der Waals surface area contributed by atoms with Crippen LogP contribution in [-0.2, 0) is 4.74 Å². The summed E-state index contributed by atoms with van der Waals surface area (Å²) >= 11 is 0. The van der Waals surface area contributed by atoms with Crippen LogP contribution in [0, 0.1) is 5.41 Å². The molecule has 0 fully saturated rings. The van der Waals surface area contributed by atoms with Gasteiger partial charge in [0, 0.05) is 5.41 Å². The van der Waals surface area contributed by atoms with Gasteiger partial charge in [-0.2, -0.15) is 0 Å². The molecule has 0 saturated carbocycles. The maximum atomic E-state index is 12.3. The number of hydrogen-bond donors (Lipinski definition) is 0. The Bertz CT molecular complexity index is 468. The number of ether oxygens (including phenoxy) is 1. The Morgan fingerprint density at radius 1 is 0.808 bits per heavy atom. The quantitative estimate of drug-likeness (QED) is 0.238. The molecule has 26 heavy (non-hydrogen) atoms. The highest BCUT2D eigenvalue weighted by molar-refractivity contribution is 5.89. The van der Waals surface area contributed by atoms with Gasteiger partial charge in [0.15, 0.2) is 0 Å². The van der Waals surface area contributed by atoms with Crippen molar-refractivity contribution in [3.05, 3.63) is 35.9 Å². The van der Waals surface area contributed by atoms with Gasteiger partial charge >= 0.3 is 5.97 Å². The van der Waals surface area contributed by atoms with Crippen LogP contribution in [0.25, 0.3) is 0 Å². The molecule has 0 saturated heterocycles. The largest absolute Gasteiger partial charge is 0.462 e. The summed E-state index contributed by atoms with van der Waals surface area (Å²) in [5.41, 5.74) is 0.767. The van der Waals surface area contributed by atoms with Gasteiger partial charge < -0.3 is 4.74 Å². The minimum Gasteiger partial charge on any atom is -0.462 e. The highest BCUT2D eigenvalue weighted by Crippen LogP contribution is 2.32. The van der Waals surface area contributed by atoms with E-state index in [2.05, 4.69) is 20.8 Å². The molecule has 148 valence electrons. The predicted octanol–water partition coefficient (Wildman–Crippen LogP) is 7.57. The zero-order chi connectivity index (χ0) is 19.1. The third kappa shape index (κ3) is 9.99. The number of carbonyl (C=O) groups excluding carboxylic acids is 1. The van der Waals surface area contributed by atoms with E-state index in [1.807, 2.05) is 30.3 Å². The van der Waals surface area contributed by atoms with Gasteiger partial charge in [0.25, 0.3) is 0 Å². The lowest BCUT2D eigenvalue weighted by molar-refractivity contribution is 0.0264. The molecule has 0 aliphatic heterocycles. The summed E-state index contributed by atoms with van der Waals surface area (Å²) in [6.07, 6.45) is 15.3. The Morgan fingerprint density at radius 2 is 1.31 bits per heavy atom. The smallest absolute Gasteiger partial charge is 0.338 e. The third-order valence-electron chi connectivity index (χ3n) is 5.33. The van der Waals surface area contributed by atoms with Crippen LogP contribution < -0.4 is 0 Å². The second-order valence-electron chi connectivity index (χ2n) is 8.08. The molecule has 1 atom stereocenters. The number of rotatable bonds is 15. The molecule has 0 spiro atoms. The van der Waals surface area contributed by atoms with E-state index in [0.717, 1.165) is 12.8 Å². The summed E-state index contributed by atoms with van der Waals surface area (Å²) in [4.78, 5) is 12.3.